The predicted molar refractivity (Wildman–Crippen MR) is 72.2 cm³/mol. The van der Waals surface area contributed by atoms with E-state index in [9.17, 15) is 13.6 Å². The Bertz CT molecular complexity index is 869. The molecule has 6 heteroatoms. The molecule has 0 aliphatic rings. The highest BCUT2D eigenvalue weighted by atomic mass is 19.1. The van der Waals surface area contributed by atoms with Crippen LogP contribution in [-0.2, 0) is 0 Å². The average Bonchev–Trinajstić information content (AvgIpc) is 2.44. The lowest BCUT2D eigenvalue weighted by Crippen LogP contribution is -2.04. The first-order chi connectivity index (χ1) is 10.1. The van der Waals surface area contributed by atoms with Crippen LogP contribution in [-0.4, -0.2) is 12.1 Å². The van der Waals surface area contributed by atoms with Crippen molar-refractivity contribution in [1.82, 2.24) is 4.98 Å². The molecule has 0 aliphatic carbocycles. The molecular weight excluding hydrogens is 280 g/mol. The number of rotatable bonds is 2. The van der Waals surface area contributed by atoms with Crippen LogP contribution in [0, 0.1) is 11.6 Å². The lowest BCUT2D eigenvalue weighted by atomic mass is 10.1. The minimum atomic E-state index is -0.766. The smallest absolute Gasteiger partial charge is 0.345 e. The van der Waals surface area contributed by atoms with E-state index in [2.05, 4.69) is 4.98 Å². The average molecular weight is 289 g/mol. The van der Waals surface area contributed by atoms with Gasteiger partial charge in [0.1, 0.15) is 11.6 Å². The van der Waals surface area contributed by atoms with E-state index in [1.54, 1.807) is 12.1 Å². The molecule has 0 spiro atoms. The SMILES string of the molecule is COc1ccc2cc(-c3cc(F)cc(F)c3)c(=O)oc2n1. The lowest BCUT2D eigenvalue weighted by Gasteiger charge is -2.04. The van der Waals surface area contributed by atoms with Gasteiger partial charge < -0.3 is 9.15 Å². The number of halogens is 2. The highest BCUT2D eigenvalue weighted by molar-refractivity contribution is 5.79. The molecule has 0 bridgehead atoms. The summed E-state index contributed by atoms with van der Waals surface area (Å²) < 4.78 is 36.5. The number of fused-ring (bicyclic) bond motifs is 1. The molecule has 0 saturated heterocycles. The second-order valence-electron chi connectivity index (χ2n) is 4.35. The van der Waals surface area contributed by atoms with Crippen molar-refractivity contribution < 1.29 is 17.9 Å². The summed E-state index contributed by atoms with van der Waals surface area (Å²) in [5, 5.41) is 0.523. The van der Waals surface area contributed by atoms with E-state index in [1.807, 2.05) is 0 Å². The van der Waals surface area contributed by atoms with Crippen molar-refractivity contribution in [3.63, 3.8) is 0 Å². The first-order valence-corrected chi connectivity index (χ1v) is 6.02. The summed E-state index contributed by atoms with van der Waals surface area (Å²) in [6, 6.07) is 7.58. The van der Waals surface area contributed by atoms with Crippen LogP contribution < -0.4 is 10.4 Å². The van der Waals surface area contributed by atoms with Gasteiger partial charge in [-0.25, -0.2) is 13.6 Å². The maximum Gasteiger partial charge on any atom is 0.345 e. The second kappa shape index (κ2) is 4.97. The number of hydrogen-bond donors (Lipinski definition) is 0. The van der Waals surface area contributed by atoms with Gasteiger partial charge in [0, 0.05) is 17.5 Å². The molecule has 0 radical (unpaired) electrons. The molecule has 0 aliphatic heterocycles. The molecule has 0 atom stereocenters. The standard InChI is InChI=1S/C15H9F2NO3/c1-20-13-3-2-8-6-12(15(19)21-14(8)18-13)9-4-10(16)7-11(17)5-9/h2-7H,1H3. The van der Waals surface area contributed by atoms with Crippen LogP contribution in [0.5, 0.6) is 5.88 Å². The molecule has 2 heterocycles. The van der Waals surface area contributed by atoms with Gasteiger partial charge >= 0.3 is 5.63 Å². The molecule has 4 nitrogen and oxygen atoms in total. The van der Waals surface area contributed by atoms with Crippen LogP contribution in [0.3, 0.4) is 0 Å². The van der Waals surface area contributed by atoms with E-state index in [4.69, 9.17) is 9.15 Å². The monoisotopic (exact) mass is 289 g/mol. The maximum atomic E-state index is 13.3. The van der Waals surface area contributed by atoms with E-state index in [0.29, 0.717) is 11.3 Å². The Morgan fingerprint density at radius 2 is 1.81 bits per heavy atom. The molecular formula is C15H9F2NO3. The molecule has 0 unspecified atom stereocenters. The first kappa shape index (κ1) is 13.2. The van der Waals surface area contributed by atoms with E-state index >= 15 is 0 Å². The molecule has 2 aromatic heterocycles. The zero-order chi connectivity index (χ0) is 15.0. The highest BCUT2D eigenvalue weighted by Crippen LogP contribution is 2.23. The van der Waals surface area contributed by atoms with Crippen molar-refractivity contribution in [3.8, 4) is 17.0 Å². The van der Waals surface area contributed by atoms with Crippen LogP contribution in [0.15, 0.2) is 45.6 Å². The van der Waals surface area contributed by atoms with Gasteiger partial charge in [-0.05, 0) is 29.8 Å². The first-order valence-electron chi connectivity index (χ1n) is 6.02. The third-order valence-corrected chi connectivity index (χ3v) is 2.96. The number of methoxy groups -OCH3 is 1. The zero-order valence-corrected chi connectivity index (χ0v) is 10.9. The summed E-state index contributed by atoms with van der Waals surface area (Å²) in [4.78, 5) is 16.0. The van der Waals surface area contributed by atoms with Gasteiger partial charge in [-0.15, -0.1) is 0 Å². The normalized spacial score (nSPS) is 10.8. The molecule has 0 N–H and O–H groups in total. The van der Waals surface area contributed by atoms with Crippen LogP contribution in [0.1, 0.15) is 0 Å². The molecule has 3 aromatic rings. The summed E-state index contributed by atoms with van der Waals surface area (Å²) in [7, 11) is 1.44. The fraction of sp³-hybridized carbons (Fsp3) is 0.0667. The van der Waals surface area contributed by atoms with Crippen molar-refractivity contribution in [2.24, 2.45) is 0 Å². The summed E-state index contributed by atoms with van der Waals surface area (Å²) >= 11 is 0. The van der Waals surface area contributed by atoms with E-state index < -0.39 is 17.3 Å². The van der Waals surface area contributed by atoms with Gasteiger partial charge in [-0.3, -0.25) is 0 Å². The minimum Gasteiger partial charge on any atom is -0.481 e. The molecule has 21 heavy (non-hydrogen) atoms. The summed E-state index contributed by atoms with van der Waals surface area (Å²) in [5.74, 6) is -1.23. The van der Waals surface area contributed by atoms with Crippen molar-refractivity contribution in [3.05, 3.63) is 58.5 Å². The number of pyridine rings is 1. The van der Waals surface area contributed by atoms with Gasteiger partial charge in [0.25, 0.3) is 0 Å². The third kappa shape index (κ3) is 2.47. The number of ether oxygens (including phenoxy) is 1. The topological polar surface area (TPSA) is 52.3 Å². The summed E-state index contributed by atoms with van der Waals surface area (Å²) in [6.45, 7) is 0. The number of benzene rings is 1. The van der Waals surface area contributed by atoms with E-state index in [-0.39, 0.29) is 16.8 Å². The fourth-order valence-electron chi connectivity index (χ4n) is 2.01. The van der Waals surface area contributed by atoms with Gasteiger partial charge in [-0.2, -0.15) is 4.98 Å². The Labute approximate surface area is 117 Å². The molecule has 3 rings (SSSR count). The fourth-order valence-corrected chi connectivity index (χ4v) is 2.01. The molecule has 1 aromatic carbocycles. The second-order valence-corrected chi connectivity index (χ2v) is 4.35. The highest BCUT2D eigenvalue weighted by Gasteiger charge is 2.11. The van der Waals surface area contributed by atoms with E-state index in [0.717, 1.165) is 18.2 Å². The Balaban J connectivity index is 2.23. The third-order valence-electron chi connectivity index (χ3n) is 2.96. The zero-order valence-electron chi connectivity index (χ0n) is 10.9. The van der Waals surface area contributed by atoms with Crippen LogP contribution in [0.25, 0.3) is 22.2 Å². The van der Waals surface area contributed by atoms with Crippen molar-refractivity contribution in [2.75, 3.05) is 7.11 Å². The lowest BCUT2D eigenvalue weighted by molar-refractivity contribution is 0.396. The quantitative estimate of drug-likeness (QED) is 0.727. The largest absolute Gasteiger partial charge is 0.481 e. The Morgan fingerprint density at radius 1 is 1.10 bits per heavy atom. The number of aromatic nitrogens is 1. The Morgan fingerprint density at radius 3 is 2.48 bits per heavy atom. The summed E-state index contributed by atoms with van der Waals surface area (Å²) in [6.07, 6.45) is 0. The Kier molecular flexibility index (Phi) is 3.13. The van der Waals surface area contributed by atoms with Crippen molar-refractivity contribution in [1.29, 1.82) is 0 Å². The predicted octanol–water partition coefficient (Wildman–Crippen LogP) is 3.14. The van der Waals surface area contributed by atoms with Crippen molar-refractivity contribution >= 4 is 11.1 Å². The molecule has 0 fully saturated rings. The molecule has 106 valence electrons. The van der Waals surface area contributed by atoms with Crippen LogP contribution in [0.2, 0.25) is 0 Å². The van der Waals surface area contributed by atoms with E-state index in [1.165, 1.54) is 13.2 Å². The van der Waals surface area contributed by atoms with Gasteiger partial charge in [0.15, 0.2) is 0 Å². The number of hydrogen-bond acceptors (Lipinski definition) is 4. The minimum absolute atomic E-state index is 0.0628. The van der Waals surface area contributed by atoms with Gasteiger partial charge in [0.05, 0.1) is 12.7 Å². The number of nitrogens with zero attached hydrogens (tertiary/aromatic N) is 1. The van der Waals surface area contributed by atoms with Crippen LogP contribution in [0.4, 0.5) is 8.78 Å². The maximum absolute atomic E-state index is 13.3. The van der Waals surface area contributed by atoms with Crippen LogP contribution >= 0.6 is 0 Å². The molecule has 0 saturated carbocycles. The van der Waals surface area contributed by atoms with Crippen molar-refractivity contribution in [2.45, 2.75) is 0 Å². The van der Waals surface area contributed by atoms with Gasteiger partial charge in [-0.1, -0.05) is 0 Å². The van der Waals surface area contributed by atoms with Gasteiger partial charge in [0.2, 0.25) is 11.6 Å². The summed E-state index contributed by atoms with van der Waals surface area (Å²) in [5.41, 5.74) is -0.458. The Hall–Kier alpha value is -2.76. The molecule has 0 amide bonds.